The Balaban J connectivity index is 1.65. The molecule has 7 heteroatoms. The zero-order valence-electron chi connectivity index (χ0n) is 12.6. The van der Waals surface area contributed by atoms with Crippen LogP contribution in [0, 0.1) is 6.92 Å². The first-order valence-electron chi connectivity index (χ1n) is 7.32. The van der Waals surface area contributed by atoms with Gasteiger partial charge in [-0.25, -0.2) is 15.0 Å². The summed E-state index contributed by atoms with van der Waals surface area (Å²) in [7, 11) is 0. The predicted molar refractivity (Wildman–Crippen MR) is 83.8 cm³/mol. The fourth-order valence-electron chi connectivity index (χ4n) is 2.34. The number of morpholine rings is 1. The van der Waals surface area contributed by atoms with E-state index in [4.69, 9.17) is 10.5 Å². The van der Waals surface area contributed by atoms with Gasteiger partial charge < -0.3 is 15.4 Å². The molecule has 3 rings (SSSR count). The van der Waals surface area contributed by atoms with Crippen LogP contribution in [0.1, 0.15) is 11.4 Å². The zero-order valence-corrected chi connectivity index (χ0v) is 12.6. The first-order chi connectivity index (χ1) is 10.7. The van der Waals surface area contributed by atoms with Crippen molar-refractivity contribution in [1.29, 1.82) is 0 Å². The lowest BCUT2D eigenvalue weighted by molar-refractivity contribution is 0.0674. The summed E-state index contributed by atoms with van der Waals surface area (Å²) in [4.78, 5) is 15.1. The van der Waals surface area contributed by atoms with Gasteiger partial charge in [0.05, 0.1) is 19.8 Å². The van der Waals surface area contributed by atoms with Crippen LogP contribution >= 0.6 is 0 Å². The second kappa shape index (κ2) is 6.57. The van der Waals surface area contributed by atoms with Gasteiger partial charge in [0.1, 0.15) is 11.6 Å². The van der Waals surface area contributed by atoms with Crippen molar-refractivity contribution in [3.63, 3.8) is 0 Å². The summed E-state index contributed by atoms with van der Waals surface area (Å²) in [6.07, 6.45) is 5.48. The molecule has 2 aromatic rings. The molecule has 0 aliphatic carbocycles. The summed E-state index contributed by atoms with van der Waals surface area (Å²) in [6, 6.07) is 3.97. The Morgan fingerprint density at radius 3 is 2.77 bits per heavy atom. The normalized spacial score (nSPS) is 16.0. The highest BCUT2D eigenvalue weighted by atomic mass is 16.5. The maximum Gasteiger partial charge on any atom is 0.191 e. The Labute approximate surface area is 129 Å². The van der Waals surface area contributed by atoms with E-state index in [-0.39, 0.29) is 0 Å². The molecule has 2 N–H and O–H groups in total. The minimum absolute atomic E-state index is 0.527. The number of aryl methyl sites for hydroxylation is 1. The van der Waals surface area contributed by atoms with Crippen molar-refractivity contribution in [3.05, 3.63) is 42.1 Å². The third kappa shape index (κ3) is 3.25. The molecule has 0 bridgehead atoms. The summed E-state index contributed by atoms with van der Waals surface area (Å²) in [5, 5.41) is 0. The largest absolute Gasteiger partial charge is 0.378 e. The fourth-order valence-corrected chi connectivity index (χ4v) is 2.34. The van der Waals surface area contributed by atoms with Gasteiger partial charge in [0.25, 0.3) is 0 Å². The highest BCUT2D eigenvalue weighted by Gasteiger charge is 2.11. The molecule has 7 nitrogen and oxygen atoms in total. The van der Waals surface area contributed by atoms with Gasteiger partial charge in [-0.15, -0.1) is 0 Å². The lowest BCUT2D eigenvalue weighted by Crippen LogP contribution is -2.44. The van der Waals surface area contributed by atoms with Crippen molar-refractivity contribution in [1.82, 2.24) is 19.4 Å². The van der Waals surface area contributed by atoms with Gasteiger partial charge in [-0.2, -0.15) is 0 Å². The number of aromatic nitrogens is 3. The van der Waals surface area contributed by atoms with Crippen LogP contribution in [0.5, 0.6) is 0 Å². The summed E-state index contributed by atoms with van der Waals surface area (Å²) in [6.45, 7) is 5.48. The van der Waals surface area contributed by atoms with E-state index in [1.165, 1.54) is 0 Å². The van der Waals surface area contributed by atoms with Crippen molar-refractivity contribution in [2.45, 2.75) is 13.5 Å². The molecular formula is C15H20N6O. The highest BCUT2D eigenvalue weighted by Crippen LogP contribution is 2.09. The van der Waals surface area contributed by atoms with Gasteiger partial charge in [0.2, 0.25) is 0 Å². The number of imidazole rings is 1. The van der Waals surface area contributed by atoms with Crippen molar-refractivity contribution < 1.29 is 4.74 Å². The molecule has 1 aliphatic rings. The summed E-state index contributed by atoms with van der Waals surface area (Å²) in [5.74, 6) is 2.33. The van der Waals surface area contributed by atoms with E-state index in [0.717, 1.165) is 30.3 Å². The van der Waals surface area contributed by atoms with E-state index in [2.05, 4.69) is 15.0 Å². The van der Waals surface area contributed by atoms with E-state index < -0.39 is 0 Å². The number of aliphatic imine (C=N–C) groups is 1. The standard InChI is InChI=1S/C15H20N6O/c1-12-17-4-5-21(12)14-3-2-13(10-18-14)11-19-15(16)20-6-8-22-9-7-20/h2-5,10H,6-9,11H2,1H3,(H2,16,19). The number of hydrogen-bond acceptors (Lipinski definition) is 4. The van der Waals surface area contributed by atoms with E-state index in [1.54, 1.807) is 6.20 Å². The third-order valence-electron chi connectivity index (χ3n) is 3.64. The van der Waals surface area contributed by atoms with E-state index in [9.17, 15) is 0 Å². The molecule has 2 aromatic heterocycles. The minimum Gasteiger partial charge on any atom is -0.378 e. The monoisotopic (exact) mass is 300 g/mol. The molecule has 0 spiro atoms. The van der Waals surface area contributed by atoms with Gasteiger partial charge in [0.15, 0.2) is 5.96 Å². The smallest absolute Gasteiger partial charge is 0.191 e. The van der Waals surface area contributed by atoms with Crippen LogP contribution in [-0.2, 0) is 11.3 Å². The minimum atomic E-state index is 0.527. The van der Waals surface area contributed by atoms with E-state index >= 15 is 0 Å². The second-order valence-electron chi connectivity index (χ2n) is 5.14. The van der Waals surface area contributed by atoms with Crippen molar-refractivity contribution >= 4 is 5.96 Å². The molecule has 0 unspecified atom stereocenters. The Hall–Kier alpha value is -2.41. The number of pyridine rings is 1. The lowest BCUT2D eigenvalue weighted by atomic mass is 10.3. The van der Waals surface area contributed by atoms with Crippen molar-refractivity contribution in [2.24, 2.45) is 10.7 Å². The summed E-state index contributed by atoms with van der Waals surface area (Å²) < 4.78 is 7.24. The Kier molecular flexibility index (Phi) is 4.34. The van der Waals surface area contributed by atoms with Crippen LogP contribution in [0.15, 0.2) is 35.7 Å². The third-order valence-corrected chi connectivity index (χ3v) is 3.64. The summed E-state index contributed by atoms with van der Waals surface area (Å²) in [5.41, 5.74) is 7.04. The molecule has 3 heterocycles. The van der Waals surface area contributed by atoms with E-state index in [0.29, 0.717) is 25.7 Å². The van der Waals surface area contributed by atoms with Crippen LogP contribution in [-0.4, -0.2) is 51.7 Å². The van der Waals surface area contributed by atoms with Crippen LogP contribution in [0.4, 0.5) is 0 Å². The molecule has 0 amide bonds. The molecule has 0 radical (unpaired) electrons. The van der Waals surface area contributed by atoms with Crippen LogP contribution in [0.2, 0.25) is 0 Å². The Morgan fingerprint density at radius 2 is 2.14 bits per heavy atom. The predicted octanol–water partition coefficient (Wildman–Crippen LogP) is 0.723. The number of nitrogens with zero attached hydrogens (tertiary/aromatic N) is 5. The number of rotatable bonds is 3. The maximum absolute atomic E-state index is 6.01. The van der Waals surface area contributed by atoms with Gasteiger partial charge in [-0.1, -0.05) is 6.07 Å². The average Bonchev–Trinajstić information content (AvgIpc) is 3.00. The SMILES string of the molecule is Cc1nccn1-c1ccc(CN=C(N)N2CCOCC2)cn1. The molecule has 0 saturated carbocycles. The first-order valence-corrected chi connectivity index (χ1v) is 7.32. The average molecular weight is 300 g/mol. The van der Waals surface area contributed by atoms with Crippen LogP contribution < -0.4 is 5.73 Å². The fraction of sp³-hybridized carbons (Fsp3) is 0.400. The van der Waals surface area contributed by atoms with Gasteiger partial charge in [0, 0.05) is 31.7 Å². The topological polar surface area (TPSA) is 81.6 Å². The molecule has 1 saturated heterocycles. The maximum atomic E-state index is 6.01. The number of ether oxygens (including phenoxy) is 1. The van der Waals surface area contributed by atoms with Gasteiger partial charge >= 0.3 is 0 Å². The van der Waals surface area contributed by atoms with Gasteiger partial charge in [-0.05, 0) is 18.6 Å². The summed E-state index contributed by atoms with van der Waals surface area (Å²) >= 11 is 0. The number of hydrogen-bond donors (Lipinski definition) is 1. The van der Waals surface area contributed by atoms with Crippen molar-refractivity contribution in [3.8, 4) is 5.82 Å². The number of nitrogens with two attached hydrogens (primary N) is 1. The molecule has 0 atom stereocenters. The van der Waals surface area contributed by atoms with Crippen LogP contribution in [0.3, 0.4) is 0 Å². The molecule has 1 fully saturated rings. The Bertz CT molecular complexity index is 642. The lowest BCUT2D eigenvalue weighted by Gasteiger charge is -2.27. The molecule has 22 heavy (non-hydrogen) atoms. The van der Waals surface area contributed by atoms with E-state index in [1.807, 2.05) is 40.9 Å². The van der Waals surface area contributed by atoms with Crippen molar-refractivity contribution in [2.75, 3.05) is 26.3 Å². The quantitative estimate of drug-likeness (QED) is 0.667. The zero-order chi connectivity index (χ0) is 15.4. The number of guanidine groups is 1. The van der Waals surface area contributed by atoms with Crippen LogP contribution in [0.25, 0.3) is 5.82 Å². The first kappa shape index (κ1) is 14.5. The second-order valence-corrected chi connectivity index (χ2v) is 5.14. The molecule has 1 aliphatic heterocycles. The highest BCUT2D eigenvalue weighted by molar-refractivity contribution is 5.78. The van der Waals surface area contributed by atoms with Gasteiger partial charge in [-0.3, -0.25) is 4.57 Å². The molecular weight excluding hydrogens is 280 g/mol. The Morgan fingerprint density at radius 1 is 1.32 bits per heavy atom. The molecule has 0 aromatic carbocycles. The molecule has 116 valence electrons.